The maximum absolute atomic E-state index is 14.9. The minimum atomic E-state index is -0.987. The number of nitrogens with one attached hydrogen (secondary N) is 2. The van der Waals surface area contributed by atoms with Gasteiger partial charge in [0.15, 0.2) is 5.78 Å². The number of amides is 1. The first-order valence-electron chi connectivity index (χ1n) is 35.7. The number of allylic oxidation sites excluding steroid dienone is 2. The Labute approximate surface area is 528 Å². The molecule has 3 aromatic rings. The zero-order valence-electron chi connectivity index (χ0n) is 53.4. The Balaban J connectivity index is 1.10. The lowest BCUT2D eigenvalue weighted by Crippen LogP contribution is -2.53. The van der Waals surface area contributed by atoms with E-state index in [1.165, 1.54) is 288 Å². The van der Waals surface area contributed by atoms with Crippen molar-refractivity contribution in [3.63, 3.8) is 0 Å². The van der Waals surface area contributed by atoms with Crippen molar-refractivity contribution in [2.75, 3.05) is 5.32 Å². The summed E-state index contributed by atoms with van der Waals surface area (Å²) in [5, 5.41) is 17.5. The standard InChI is InChI=1S/C75H118Cl2N4O4/c76-66-61-79-62-67(77)70(66)73(83)80-65-54-52-63(53-55-65)59-68(74(84)85)81-71-69(64-51-50-58-78-60-64)72(82)75(71)56-48-46-44-42-40-38-36-34-32-30-28-26-24-22-20-18-16-14-12-10-8-6-4-2-1-3-5-7-9-11-13-15-17-19-21-23-25-27-29-31-33-35-37-39-41-43-45-47-49-57-75/h50-55,58,60-62,68,81H,1-49,56-57,59H2,(H,80,83)(H,84,85)/t68-/m0/s1. The summed E-state index contributed by atoms with van der Waals surface area (Å²) >= 11 is 12.5. The molecule has 1 amide bonds. The fourth-order valence-corrected chi connectivity index (χ4v) is 14.1. The summed E-state index contributed by atoms with van der Waals surface area (Å²) in [6, 6.07) is 9.92. The van der Waals surface area contributed by atoms with Crippen LogP contribution in [0.4, 0.5) is 5.69 Å². The number of nitrogens with zero attached hydrogens (tertiary/aromatic N) is 2. The normalized spacial score (nSPS) is 20.8. The number of hydrogen-bond acceptors (Lipinski definition) is 6. The van der Waals surface area contributed by atoms with Gasteiger partial charge in [0.2, 0.25) is 0 Å². The summed E-state index contributed by atoms with van der Waals surface area (Å²) in [5.74, 6) is -1.33. The Morgan fingerprint density at radius 3 is 1.06 bits per heavy atom. The molecule has 8 nitrogen and oxygen atoms in total. The summed E-state index contributed by atoms with van der Waals surface area (Å²) < 4.78 is 0. The SMILES string of the molecule is O=C(Nc1ccc(C[C@H](NC2=C(c3cccnc3)C(=O)C23CCCCCCCCCCCCCCCCCCCCCCCCCCCCCCCCCCCCCCCCCCCCCCCCCCC3)C(=O)O)cc1)c1c(Cl)cncc1Cl. The summed E-state index contributed by atoms with van der Waals surface area (Å²) in [7, 11) is 0. The average Bonchev–Trinajstić information content (AvgIpc) is 0.771. The number of halogens is 2. The highest BCUT2D eigenvalue weighted by Gasteiger charge is 2.53. The third kappa shape index (κ3) is 29.9. The molecule has 0 radical (unpaired) electrons. The van der Waals surface area contributed by atoms with Gasteiger partial charge in [-0.2, -0.15) is 0 Å². The predicted molar refractivity (Wildman–Crippen MR) is 361 cm³/mol. The highest BCUT2D eigenvalue weighted by atomic mass is 35.5. The number of rotatable bonds is 8. The molecular weight excluding hydrogens is 1090 g/mol. The number of hydrogen-bond donors (Lipinski definition) is 3. The van der Waals surface area contributed by atoms with E-state index >= 15 is 0 Å². The van der Waals surface area contributed by atoms with Crippen LogP contribution in [0.25, 0.3) is 5.57 Å². The van der Waals surface area contributed by atoms with Crippen molar-refractivity contribution in [2.45, 2.75) is 340 Å². The van der Waals surface area contributed by atoms with E-state index in [1.807, 2.05) is 24.3 Å². The van der Waals surface area contributed by atoms with E-state index in [0.717, 1.165) is 55.3 Å². The van der Waals surface area contributed by atoms with Gasteiger partial charge in [0, 0.05) is 53.7 Å². The van der Waals surface area contributed by atoms with Gasteiger partial charge in [-0.3, -0.25) is 19.6 Å². The van der Waals surface area contributed by atoms with Crippen LogP contribution in [0, 0.1) is 5.41 Å². The van der Waals surface area contributed by atoms with Gasteiger partial charge in [0.1, 0.15) is 6.04 Å². The number of carbonyl (C=O) groups excluding carboxylic acids is 2. The van der Waals surface area contributed by atoms with Crippen LogP contribution in [0.15, 0.2) is 66.9 Å². The molecule has 2 aliphatic rings. The van der Waals surface area contributed by atoms with Crippen molar-refractivity contribution in [1.82, 2.24) is 15.3 Å². The molecule has 1 atom stereocenters. The van der Waals surface area contributed by atoms with Crippen LogP contribution in [0.1, 0.15) is 349 Å². The number of carbonyl (C=O) groups is 3. The highest BCUT2D eigenvalue weighted by Crippen LogP contribution is 2.53. The number of carboxylic acid groups (broad SMARTS) is 1. The van der Waals surface area contributed by atoms with Crippen molar-refractivity contribution in [3.05, 3.63) is 93.6 Å². The molecule has 3 N–H and O–H groups in total. The molecule has 1 saturated carbocycles. The van der Waals surface area contributed by atoms with Crippen LogP contribution in [0.3, 0.4) is 0 Å². The van der Waals surface area contributed by atoms with E-state index in [2.05, 4.69) is 20.6 Å². The van der Waals surface area contributed by atoms with E-state index < -0.39 is 23.3 Å². The average molecular weight is 1210 g/mol. The van der Waals surface area contributed by atoms with E-state index in [4.69, 9.17) is 23.2 Å². The van der Waals surface area contributed by atoms with Crippen LogP contribution in [-0.2, 0) is 16.0 Å². The topological polar surface area (TPSA) is 121 Å². The summed E-state index contributed by atoms with van der Waals surface area (Å²) in [6.45, 7) is 0. The maximum Gasteiger partial charge on any atom is 0.326 e. The largest absolute Gasteiger partial charge is 0.480 e. The second-order valence-corrected chi connectivity index (χ2v) is 26.9. The van der Waals surface area contributed by atoms with Gasteiger partial charge < -0.3 is 15.7 Å². The third-order valence-electron chi connectivity index (χ3n) is 18.9. The van der Waals surface area contributed by atoms with Gasteiger partial charge in [-0.05, 0) is 36.6 Å². The van der Waals surface area contributed by atoms with E-state index in [9.17, 15) is 19.5 Å². The fraction of sp³-hybridized carbons (Fsp3) is 0.720. The molecule has 0 unspecified atom stereocenters. The molecule has 2 aliphatic carbocycles. The molecule has 0 bridgehead atoms. The minimum Gasteiger partial charge on any atom is -0.480 e. The maximum atomic E-state index is 14.9. The van der Waals surface area contributed by atoms with Crippen molar-refractivity contribution in [2.24, 2.45) is 5.41 Å². The first-order chi connectivity index (χ1) is 41.8. The van der Waals surface area contributed by atoms with Crippen LogP contribution in [-0.4, -0.2) is 38.8 Å². The van der Waals surface area contributed by atoms with Crippen LogP contribution < -0.4 is 10.6 Å². The quantitative estimate of drug-likeness (QED) is 0.205. The lowest BCUT2D eigenvalue weighted by molar-refractivity contribution is -0.139. The van der Waals surface area contributed by atoms with E-state index in [0.29, 0.717) is 24.1 Å². The van der Waals surface area contributed by atoms with Gasteiger partial charge in [-0.15, -0.1) is 0 Å². The molecule has 10 heteroatoms. The number of aliphatic carboxylic acids is 1. The van der Waals surface area contributed by atoms with Crippen molar-refractivity contribution in [3.8, 4) is 0 Å². The molecule has 2 aromatic heterocycles. The van der Waals surface area contributed by atoms with E-state index in [1.54, 1.807) is 24.5 Å². The van der Waals surface area contributed by atoms with Crippen molar-refractivity contribution < 1.29 is 19.5 Å². The number of pyridine rings is 2. The molecule has 1 spiro atoms. The first kappa shape index (κ1) is 72.0. The number of carboxylic acids is 1. The van der Waals surface area contributed by atoms with Crippen molar-refractivity contribution >= 4 is 52.1 Å². The van der Waals surface area contributed by atoms with Crippen molar-refractivity contribution in [1.29, 1.82) is 0 Å². The Hall–Kier alpha value is -3.75. The van der Waals surface area contributed by atoms with Gasteiger partial charge in [0.25, 0.3) is 5.91 Å². The Bertz CT molecular complexity index is 2180. The molecule has 0 aliphatic heterocycles. The lowest BCUT2D eigenvalue weighted by atomic mass is 9.59. The third-order valence-corrected chi connectivity index (χ3v) is 19.5. The molecule has 476 valence electrons. The molecule has 1 aromatic carbocycles. The molecule has 5 rings (SSSR count). The molecule has 0 saturated heterocycles. The second-order valence-electron chi connectivity index (χ2n) is 26.1. The number of aromatic nitrogens is 2. The number of anilines is 1. The first-order valence-corrected chi connectivity index (χ1v) is 36.4. The van der Waals surface area contributed by atoms with Crippen LogP contribution >= 0.6 is 23.2 Å². The number of Topliss-reactive ketones (excluding diaryl/α,β-unsaturated/α-hetero) is 1. The van der Waals surface area contributed by atoms with Gasteiger partial charge in [-0.1, -0.05) is 356 Å². The summed E-state index contributed by atoms with van der Waals surface area (Å²) in [6.07, 6.45) is 74.3. The molecule has 2 heterocycles. The van der Waals surface area contributed by atoms with Gasteiger partial charge in [0.05, 0.1) is 21.0 Å². The zero-order chi connectivity index (χ0) is 60.1. The highest BCUT2D eigenvalue weighted by molar-refractivity contribution is 6.40. The predicted octanol–water partition coefficient (Wildman–Crippen LogP) is 23.5. The Morgan fingerprint density at radius 2 is 0.765 bits per heavy atom. The van der Waals surface area contributed by atoms with Crippen LogP contribution in [0.5, 0.6) is 0 Å². The Morgan fingerprint density at radius 1 is 0.447 bits per heavy atom. The molecule has 85 heavy (non-hydrogen) atoms. The van der Waals surface area contributed by atoms with Gasteiger partial charge in [-0.25, -0.2) is 4.79 Å². The van der Waals surface area contributed by atoms with Crippen LogP contribution in [0.2, 0.25) is 10.0 Å². The summed E-state index contributed by atoms with van der Waals surface area (Å²) in [5.41, 5.74) is 2.74. The minimum absolute atomic E-state index is 0.121. The second kappa shape index (κ2) is 46.4. The van der Waals surface area contributed by atoms with E-state index in [-0.39, 0.29) is 27.8 Å². The Kier molecular flexibility index (Phi) is 39.3. The van der Waals surface area contributed by atoms with Gasteiger partial charge >= 0.3 is 5.97 Å². The number of benzene rings is 1. The molecular formula is C75H118Cl2N4O4. The fourth-order valence-electron chi connectivity index (χ4n) is 13.6. The summed E-state index contributed by atoms with van der Waals surface area (Å²) in [4.78, 5) is 49.5. The lowest BCUT2D eigenvalue weighted by Gasteiger charge is -2.46. The smallest absolute Gasteiger partial charge is 0.326 e. The molecule has 1 fully saturated rings. The monoisotopic (exact) mass is 1210 g/mol. The zero-order valence-corrected chi connectivity index (χ0v) is 55.0. The number of ketones is 1.